The number of allylic oxidation sites excluding steroid dienone is 3. The van der Waals surface area contributed by atoms with Crippen LogP contribution in [0.5, 0.6) is 0 Å². The molecule has 1 aliphatic carbocycles. The molecule has 1 aliphatic heterocycles. The standard InChI is InChI=1S/C22H20BrClN4OS/c1-11-13(23)7-17(30-11)18-12(10-25)21(26)28(14-5-4-6-27-20(14)24)15-8-22(2,3)9-16(29)19(15)18/h4-7,18H,8-9,26H2,1-3H3. The summed E-state index contributed by atoms with van der Waals surface area (Å²) in [7, 11) is 0. The molecule has 8 heteroatoms. The van der Waals surface area contributed by atoms with Crippen LogP contribution in [-0.4, -0.2) is 10.8 Å². The molecule has 30 heavy (non-hydrogen) atoms. The fraction of sp³-hybridized carbons (Fsp3) is 0.318. The number of pyridine rings is 1. The first-order chi connectivity index (χ1) is 14.1. The lowest BCUT2D eigenvalue weighted by atomic mass is 9.69. The number of aromatic nitrogens is 1. The van der Waals surface area contributed by atoms with E-state index in [0.717, 1.165) is 19.9 Å². The van der Waals surface area contributed by atoms with Crippen molar-refractivity contribution < 1.29 is 4.79 Å². The van der Waals surface area contributed by atoms with Crippen molar-refractivity contribution in [2.24, 2.45) is 11.1 Å². The van der Waals surface area contributed by atoms with Gasteiger partial charge in [-0.15, -0.1) is 11.3 Å². The number of aryl methyl sites for hydroxylation is 1. The zero-order valence-corrected chi connectivity index (χ0v) is 20.0. The Hall–Kier alpha value is -2.14. The molecule has 2 aromatic rings. The number of hydrogen-bond donors (Lipinski definition) is 1. The summed E-state index contributed by atoms with van der Waals surface area (Å²) >= 11 is 11.5. The number of carbonyl (C=O) groups is 1. The van der Waals surface area contributed by atoms with E-state index in [1.54, 1.807) is 34.6 Å². The smallest absolute Gasteiger partial charge is 0.162 e. The Labute approximate surface area is 193 Å². The molecule has 0 fully saturated rings. The largest absolute Gasteiger partial charge is 0.384 e. The molecule has 1 atom stereocenters. The quantitative estimate of drug-likeness (QED) is 0.523. The second kappa shape index (κ2) is 7.52. The second-order valence-corrected chi connectivity index (χ2v) is 10.8. The van der Waals surface area contributed by atoms with E-state index in [1.165, 1.54) is 0 Å². The summed E-state index contributed by atoms with van der Waals surface area (Å²) in [6, 6.07) is 7.84. The molecule has 2 aromatic heterocycles. The highest BCUT2D eigenvalue weighted by molar-refractivity contribution is 9.10. The molecule has 3 heterocycles. The van der Waals surface area contributed by atoms with Crippen molar-refractivity contribution in [1.82, 2.24) is 4.98 Å². The topological polar surface area (TPSA) is 83.0 Å². The minimum Gasteiger partial charge on any atom is -0.384 e. The number of thiophene rings is 1. The van der Waals surface area contributed by atoms with Crippen molar-refractivity contribution in [3.05, 3.63) is 66.4 Å². The molecular formula is C22H20BrClN4OS. The number of nitrogens with two attached hydrogens (primary N) is 1. The number of halogens is 2. The third kappa shape index (κ3) is 3.37. The summed E-state index contributed by atoms with van der Waals surface area (Å²) in [5.74, 6) is -0.141. The van der Waals surface area contributed by atoms with Gasteiger partial charge in [-0.25, -0.2) is 4.98 Å². The molecule has 0 aromatic carbocycles. The molecule has 1 unspecified atom stereocenters. The van der Waals surface area contributed by atoms with Gasteiger partial charge in [0.25, 0.3) is 0 Å². The van der Waals surface area contributed by atoms with Gasteiger partial charge in [0.2, 0.25) is 0 Å². The Kier molecular flexibility index (Phi) is 5.29. The highest BCUT2D eigenvalue weighted by atomic mass is 79.9. The van der Waals surface area contributed by atoms with Crippen LogP contribution in [0.3, 0.4) is 0 Å². The van der Waals surface area contributed by atoms with E-state index in [0.29, 0.717) is 35.5 Å². The second-order valence-electron chi connectivity index (χ2n) is 8.35. The molecule has 0 radical (unpaired) electrons. The first-order valence-corrected chi connectivity index (χ1v) is 11.5. The Bertz CT molecular complexity index is 1150. The molecule has 0 spiro atoms. The monoisotopic (exact) mass is 502 g/mol. The van der Waals surface area contributed by atoms with Crippen LogP contribution in [0.25, 0.3) is 0 Å². The zero-order valence-electron chi connectivity index (χ0n) is 16.8. The SMILES string of the molecule is Cc1sc(C2C(C#N)=C(N)N(c3cccnc3Cl)C3=C2C(=O)CC(C)(C)C3)cc1Br. The third-order valence-electron chi connectivity index (χ3n) is 5.52. The van der Waals surface area contributed by atoms with Gasteiger partial charge in [-0.05, 0) is 52.9 Å². The number of anilines is 1. The Morgan fingerprint density at radius 1 is 1.43 bits per heavy atom. The van der Waals surface area contributed by atoms with Gasteiger partial charge >= 0.3 is 0 Å². The molecule has 5 nitrogen and oxygen atoms in total. The minimum atomic E-state index is -0.477. The van der Waals surface area contributed by atoms with Crippen molar-refractivity contribution in [2.45, 2.75) is 39.5 Å². The summed E-state index contributed by atoms with van der Waals surface area (Å²) in [6.45, 7) is 6.14. The number of hydrogen-bond acceptors (Lipinski definition) is 6. The predicted molar refractivity (Wildman–Crippen MR) is 123 cm³/mol. The van der Waals surface area contributed by atoms with Gasteiger partial charge < -0.3 is 5.73 Å². The molecule has 2 N–H and O–H groups in total. The lowest BCUT2D eigenvalue weighted by molar-refractivity contribution is -0.118. The maximum absolute atomic E-state index is 13.4. The predicted octanol–water partition coefficient (Wildman–Crippen LogP) is 5.81. The summed E-state index contributed by atoms with van der Waals surface area (Å²) in [4.78, 5) is 21.4. The maximum Gasteiger partial charge on any atom is 0.162 e. The van der Waals surface area contributed by atoms with Crippen LogP contribution in [0.4, 0.5) is 5.69 Å². The van der Waals surface area contributed by atoms with E-state index < -0.39 is 5.92 Å². The van der Waals surface area contributed by atoms with E-state index in [9.17, 15) is 10.1 Å². The number of nitrogens with zero attached hydrogens (tertiary/aromatic N) is 3. The van der Waals surface area contributed by atoms with Gasteiger partial charge in [0.05, 0.1) is 23.2 Å². The fourth-order valence-electron chi connectivity index (χ4n) is 4.24. The molecule has 2 aliphatic rings. The lowest BCUT2D eigenvalue weighted by Gasteiger charge is -2.43. The molecule has 0 saturated carbocycles. The Morgan fingerprint density at radius 3 is 2.77 bits per heavy atom. The van der Waals surface area contributed by atoms with Crippen molar-refractivity contribution in [2.75, 3.05) is 4.90 Å². The Morgan fingerprint density at radius 2 is 2.17 bits per heavy atom. The zero-order chi connectivity index (χ0) is 21.8. The van der Waals surface area contributed by atoms with E-state index in [4.69, 9.17) is 17.3 Å². The normalized spacial score (nSPS) is 21.0. The van der Waals surface area contributed by atoms with Crippen LogP contribution in [0.1, 0.15) is 42.4 Å². The average molecular weight is 504 g/mol. The van der Waals surface area contributed by atoms with Gasteiger partial charge in [-0.2, -0.15) is 5.26 Å². The van der Waals surface area contributed by atoms with E-state index in [2.05, 4.69) is 40.8 Å². The lowest BCUT2D eigenvalue weighted by Crippen LogP contribution is -2.42. The molecule has 154 valence electrons. The number of carbonyl (C=O) groups excluding carboxylic acids is 1. The van der Waals surface area contributed by atoms with E-state index in [1.807, 2.05) is 13.0 Å². The van der Waals surface area contributed by atoms with Crippen LogP contribution in [0, 0.1) is 23.7 Å². The average Bonchev–Trinajstić information content (AvgIpc) is 2.99. The van der Waals surface area contributed by atoms with Crippen LogP contribution in [-0.2, 0) is 4.79 Å². The number of rotatable bonds is 2. The van der Waals surface area contributed by atoms with Gasteiger partial charge in [-0.1, -0.05) is 25.4 Å². The highest BCUT2D eigenvalue weighted by Crippen LogP contribution is 2.52. The van der Waals surface area contributed by atoms with E-state index >= 15 is 0 Å². The maximum atomic E-state index is 13.4. The first kappa shape index (κ1) is 21.1. The highest BCUT2D eigenvalue weighted by Gasteiger charge is 2.45. The van der Waals surface area contributed by atoms with Crippen molar-refractivity contribution in [3.8, 4) is 6.07 Å². The van der Waals surface area contributed by atoms with Crippen molar-refractivity contribution >= 4 is 50.3 Å². The van der Waals surface area contributed by atoms with Gasteiger partial charge in [0, 0.05) is 38.1 Å². The van der Waals surface area contributed by atoms with Crippen LogP contribution < -0.4 is 10.6 Å². The number of nitriles is 1. The third-order valence-corrected chi connectivity index (χ3v) is 8.01. The van der Waals surface area contributed by atoms with Crippen LogP contribution in [0.2, 0.25) is 5.15 Å². The van der Waals surface area contributed by atoms with Crippen molar-refractivity contribution in [1.29, 1.82) is 5.26 Å². The van der Waals surface area contributed by atoms with Gasteiger partial charge in [0.15, 0.2) is 10.9 Å². The summed E-state index contributed by atoms with van der Waals surface area (Å²) in [5.41, 5.74) is 8.72. The molecule has 4 rings (SSSR count). The van der Waals surface area contributed by atoms with E-state index in [-0.39, 0.29) is 16.4 Å². The Balaban J connectivity index is 2.03. The minimum absolute atomic E-state index is 0.0405. The first-order valence-electron chi connectivity index (χ1n) is 9.47. The molecular weight excluding hydrogens is 484 g/mol. The number of ketones is 1. The molecule has 0 amide bonds. The fourth-order valence-corrected chi connectivity index (χ4v) is 6.12. The van der Waals surface area contributed by atoms with Gasteiger partial charge in [-0.3, -0.25) is 9.69 Å². The summed E-state index contributed by atoms with van der Waals surface area (Å²) in [5, 5.41) is 10.4. The summed E-state index contributed by atoms with van der Waals surface area (Å²) in [6.07, 6.45) is 2.66. The van der Waals surface area contributed by atoms with Crippen LogP contribution in [0.15, 0.2) is 51.5 Å². The molecule has 0 bridgehead atoms. The number of Topliss-reactive ketones (excluding diaryl/α,β-unsaturated/α-hetero) is 1. The molecule has 0 saturated heterocycles. The van der Waals surface area contributed by atoms with Crippen molar-refractivity contribution in [3.63, 3.8) is 0 Å². The van der Waals surface area contributed by atoms with Crippen LogP contribution >= 0.6 is 38.9 Å². The van der Waals surface area contributed by atoms with Gasteiger partial charge in [0.1, 0.15) is 5.82 Å². The summed E-state index contributed by atoms with van der Waals surface area (Å²) < 4.78 is 0.960.